The first-order valence-electron chi connectivity index (χ1n) is 5.78. The van der Waals surface area contributed by atoms with Crippen LogP contribution in [0.4, 0.5) is 8.78 Å². The van der Waals surface area contributed by atoms with E-state index in [1.165, 1.54) is 4.57 Å². The molecule has 0 aliphatic rings. The van der Waals surface area contributed by atoms with Gasteiger partial charge in [0.05, 0.1) is 4.90 Å². The Kier molecular flexibility index (Phi) is 4.26. The molecule has 112 valence electrons. The van der Waals surface area contributed by atoms with Crippen LogP contribution in [0.3, 0.4) is 0 Å². The number of nitrogens with zero attached hydrogens (tertiary/aromatic N) is 3. The summed E-state index contributed by atoms with van der Waals surface area (Å²) in [5.41, 5.74) is 4.73. The Bertz CT molecular complexity index is 732. The van der Waals surface area contributed by atoms with Crippen molar-refractivity contribution in [3.05, 3.63) is 39.8 Å². The lowest BCUT2D eigenvalue weighted by molar-refractivity contribution is 0.318. The molecule has 0 aliphatic carbocycles. The molecule has 0 amide bonds. The Labute approximate surface area is 121 Å². The van der Waals surface area contributed by atoms with Gasteiger partial charge in [0.1, 0.15) is 11.6 Å². The number of amidine groups is 1. The molecule has 1 heterocycles. The van der Waals surface area contributed by atoms with E-state index in [4.69, 9.17) is 10.9 Å². The lowest BCUT2D eigenvalue weighted by atomic mass is 10.2. The van der Waals surface area contributed by atoms with Gasteiger partial charge in [0.15, 0.2) is 11.0 Å². The van der Waals surface area contributed by atoms with Crippen molar-refractivity contribution < 1.29 is 14.0 Å². The number of hydrogen-bond acceptors (Lipinski definition) is 5. The number of halogens is 2. The third-order valence-corrected chi connectivity index (χ3v) is 3.72. The monoisotopic (exact) mass is 315 g/mol. The van der Waals surface area contributed by atoms with Crippen molar-refractivity contribution in [2.75, 3.05) is 0 Å². The molecule has 7 nitrogen and oxygen atoms in total. The van der Waals surface area contributed by atoms with E-state index >= 15 is 0 Å². The number of hydrogen-bond donors (Lipinski definition) is 3. The van der Waals surface area contributed by atoms with E-state index < -0.39 is 23.2 Å². The molecule has 0 radical (unpaired) electrons. The summed E-state index contributed by atoms with van der Waals surface area (Å²) >= 11 is 0.668. The van der Waals surface area contributed by atoms with Crippen LogP contribution in [0.5, 0.6) is 0 Å². The van der Waals surface area contributed by atoms with Crippen LogP contribution in [-0.2, 0) is 6.54 Å². The van der Waals surface area contributed by atoms with Gasteiger partial charge in [-0.15, -0.1) is 5.10 Å². The number of aromatic amines is 1. The van der Waals surface area contributed by atoms with Gasteiger partial charge in [-0.25, -0.2) is 18.7 Å². The molecule has 0 bridgehead atoms. The Morgan fingerprint density at radius 2 is 2.14 bits per heavy atom. The van der Waals surface area contributed by atoms with Crippen LogP contribution >= 0.6 is 11.8 Å². The first-order chi connectivity index (χ1) is 9.97. The SMILES string of the molecule is CCn1c(Sc2c(F)cc(C(N)=NO)cc2F)n[nH]c1=O. The number of rotatable bonds is 4. The van der Waals surface area contributed by atoms with Gasteiger partial charge in [-0.1, -0.05) is 5.16 Å². The second kappa shape index (κ2) is 5.95. The van der Waals surface area contributed by atoms with Gasteiger partial charge in [-0.3, -0.25) is 4.57 Å². The number of aromatic nitrogens is 3. The van der Waals surface area contributed by atoms with Crippen LogP contribution in [-0.4, -0.2) is 25.8 Å². The van der Waals surface area contributed by atoms with Crippen LogP contribution in [0.1, 0.15) is 12.5 Å². The van der Waals surface area contributed by atoms with Gasteiger partial charge in [0.2, 0.25) is 0 Å². The lowest BCUT2D eigenvalue weighted by Gasteiger charge is -2.07. The summed E-state index contributed by atoms with van der Waals surface area (Å²) in [4.78, 5) is 11.1. The van der Waals surface area contributed by atoms with Crippen LogP contribution < -0.4 is 11.4 Å². The smallest absolute Gasteiger partial charge is 0.343 e. The van der Waals surface area contributed by atoms with Gasteiger partial charge >= 0.3 is 5.69 Å². The number of benzene rings is 1. The highest BCUT2D eigenvalue weighted by molar-refractivity contribution is 7.99. The third kappa shape index (κ3) is 2.89. The van der Waals surface area contributed by atoms with E-state index in [9.17, 15) is 13.6 Å². The van der Waals surface area contributed by atoms with Crippen LogP contribution in [0, 0.1) is 11.6 Å². The maximum absolute atomic E-state index is 14.0. The normalized spacial score (nSPS) is 11.9. The minimum Gasteiger partial charge on any atom is -0.409 e. The molecule has 0 unspecified atom stereocenters. The Morgan fingerprint density at radius 1 is 1.52 bits per heavy atom. The zero-order valence-corrected chi connectivity index (χ0v) is 11.6. The molecule has 0 atom stereocenters. The van der Waals surface area contributed by atoms with Crippen LogP contribution in [0.25, 0.3) is 0 Å². The van der Waals surface area contributed by atoms with Gasteiger partial charge in [-0.05, 0) is 30.8 Å². The molecule has 0 saturated carbocycles. The molecule has 2 aromatic rings. The predicted octanol–water partition coefficient (Wildman–Crippen LogP) is 1.12. The molecule has 10 heteroatoms. The van der Waals surface area contributed by atoms with Crippen molar-refractivity contribution in [3.8, 4) is 0 Å². The molecule has 1 aromatic carbocycles. The summed E-state index contributed by atoms with van der Waals surface area (Å²) in [6.07, 6.45) is 0. The van der Waals surface area contributed by atoms with E-state index in [1.807, 2.05) is 0 Å². The van der Waals surface area contributed by atoms with Crippen molar-refractivity contribution in [2.24, 2.45) is 10.9 Å². The van der Waals surface area contributed by atoms with Crippen molar-refractivity contribution >= 4 is 17.6 Å². The Morgan fingerprint density at radius 3 is 2.67 bits per heavy atom. The first kappa shape index (κ1) is 15.0. The van der Waals surface area contributed by atoms with E-state index in [-0.39, 0.29) is 15.6 Å². The topological polar surface area (TPSA) is 109 Å². The van der Waals surface area contributed by atoms with Gasteiger partial charge in [0.25, 0.3) is 0 Å². The maximum atomic E-state index is 14.0. The minimum absolute atomic E-state index is 0.0910. The number of nitrogens with one attached hydrogen (secondary N) is 1. The summed E-state index contributed by atoms with van der Waals surface area (Å²) in [5.74, 6) is -2.21. The summed E-state index contributed by atoms with van der Waals surface area (Å²) < 4.78 is 29.2. The highest BCUT2D eigenvalue weighted by Crippen LogP contribution is 2.31. The fraction of sp³-hybridized carbons (Fsp3) is 0.182. The molecule has 0 aliphatic heterocycles. The summed E-state index contributed by atoms with van der Waals surface area (Å²) in [5, 5.41) is 17.2. The van der Waals surface area contributed by atoms with E-state index in [0.717, 1.165) is 12.1 Å². The molecule has 1 aromatic heterocycles. The summed E-state index contributed by atoms with van der Waals surface area (Å²) in [6, 6.07) is 1.86. The minimum atomic E-state index is -0.903. The van der Waals surface area contributed by atoms with Crippen molar-refractivity contribution in [1.82, 2.24) is 14.8 Å². The second-order valence-electron chi connectivity index (χ2n) is 3.91. The number of nitrogens with two attached hydrogens (primary N) is 1. The maximum Gasteiger partial charge on any atom is 0.343 e. The van der Waals surface area contributed by atoms with Gasteiger partial charge in [-0.2, -0.15) is 0 Å². The highest BCUT2D eigenvalue weighted by Gasteiger charge is 2.18. The molecular formula is C11H11F2N5O2S. The molecule has 0 spiro atoms. The zero-order chi connectivity index (χ0) is 15.6. The van der Waals surface area contributed by atoms with Crippen molar-refractivity contribution in [3.63, 3.8) is 0 Å². The quantitative estimate of drug-likeness (QED) is 0.339. The molecule has 2 rings (SSSR count). The molecule has 21 heavy (non-hydrogen) atoms. The Hall–Kier alpha value is -2.36. The highest BCUT2D eigenvalue weighted by atomic mass is 32.2. The fourth-order valence-corrected chi connectivity index (χ4v) is 2.52. The van der Waals surface area contributed by atoms with E-state index in [1.54, 1.807) is 6.92 Å². The predicted molar refractivity (Wildman–Crippen MR) is 71.5 cm³/mol. The zero-order valence-electron chi connectivity index (χ0n) is 10.8. The standard InChI is InChI=1S/C11H11F2N5O2S/c1-2-18-10(19)15-16-11(18)21-8-6(12)3-5(4-7(8)13)9(14)17-20/h3-4,20H,2H2,1H3,(H2,14,17)(H,15,19). The molecule has 0 saturated heterocycles. The van der Waals surface area contributed by atoms with Gasteiger partial charge in [0, 0.05) is 12.1 Å². The van der Waals surface area contributed by atoms with Crippen LogP contribution in [0.15, 0.2) is 32.1 Å². The van der Waals surface area contributed by atoms with E-state index in [0.29, 0.717) is 18.3 Å². The average Bonchev–Trinajstić information content (AvgIpc) is 2.81. The molecular weight excluding hydrogens is 304 g/mol. The van der Waals surface area contributed by atoms with Gasteiger partial charge < -0.3 is 10.9 Å². The fourth-order valence-electron chi connectivity index (χ4n) is 1.61. The molecule has 4 N–H and O–H groups in total. The average molecular weight is 315 g/mol. The number of oxime groups is 1. The third-order valence-electron chi connectivity index (χ3n) is 2.63. The lowest BCUT2D eigenvalue weighted by Crippen LogP contribution is -2.16. The summed E-state index contributed by atoms with van der Waals surface area (Å²) in [6.45, 7) is 2.01. The largest absolute Gasteiger partial charge is 0.409 e. The summed E-state index contributed by atoms with van der Waals surface area (Å²) in [7, 11) is 0. The van der Waals surface area contributed by atoms with Crippen molar-refractivity contribution in [2.45, 2.75) is 23.5 Å². The first-order valence-corrected chi connectivity index (χ1v) is 6.59. The van der Waals surface area contributed by atoms with Crippen molar-refractivity contribution in [1.29, 1.82) is 0 Å². The van der Waals surface area contributed by atoms with E-state index in [2.05, 4.69) is 15.4 Å². The molecule has 0 fully saturated rings. The van der Waals surface area contributed by atoms with Crippen LogP contribution in [0.2, 0.25) is 0 Å². The Balaban J connectivity index is 2.43. The number of H-pyrrole nitrogens is 1. The second-order valence-corrected chi connectivity index (χ2v) is 4.89.